The normalized spacial score (nSPS) is 12.6. The molecular formula is C19H18Cl2N2O4. The number of halogens is 2. The maximum Gasteiger partial charge on any atom is 0.269 e. The van der Waals surface area contributed by atoms with Crippen LogP contribution in [-0.4, -0.2) is 28.3 Å². The molecule has 1 heterocycles. The van der Waals surface area contributed by atoms with E-state index in [9.17, 15) is 19.5 Å². The third-order valence-electron chi connectivity index (χ3n) is 4.13. The molecule has 1 atom stereocenters. The summed E-state index contributed by atoms with van der Waals surface area (Å²) in [6.45, 7) is 1.20. The molecule has 0 radical (unpaired) electrons. The average molecular weight is 409 g/mol. The van der Waals surface area contributed by atoms with Crippen molar-refractivity contribution < 1.29 is 14.7 Å². The number of likely N-dealkylation sites (N-methyl/N-ethyl adjacent to an activating group) is 1. The largest absolute Gasteiger partial charge is 0.515 e. The van der Waals surface area contributed by atoms with E-state index in [0.717, 1.165) is 0 Å². The summed E-state index contributed by atoms with van der Waals surface area (Å²) in [5, 5.41) is 9.86. The summed E-state index contributed by atoms with van der Waals surface area (Å²) in [5.41, 5.74) is 0.328. The van der Waals surface area contributed by atoms with Gasteiger partial charge in [0.1, 0.15) is 11.1 Å². The summed E-state index contributed by atoms with van der Waals surface area (Å²) in [7, 11) is 3.17. The molecule has 0 fully saturated rings. The number of hydrogen-bond donors (Lipinski definition) is 1. The fraction of sp³-hybridized carbons (Fsp3) is 0.211. The highest BCUT2D eigenvalue weighted by atomic mass is 35.5. The Morgan fingerprint density at radius 2 is 1.81 bits per heavy atom. The number of anilines is 1. The minimum Gasteiger partial charge on any atom is -0.515 e. The van der Waals surface area contributed by atoms with Crippen molar-refractivity contribution in [1.29, 1.82) is 0 Å². The zero-order chi connectivity index (χ0) is 20.3. The number of pyridine rings is 1. The molecule has 0 amide bonds. The zero-order valence-electron chi connectivity index (χ0n) is 14.9. The first-order valence-electron chi connectivity index (χ1n) is 7.91. The molecular weight excluding hydrogens is 391 g/mol. The van der Waals surface area contributed by atoms with Crippen LogP contribution >= 0.6 is 23.2 Å². The molecule has 6 nitrogen and oxygen atoms in total. The number of carbonyl (C=O) groups is 2. The first-order chi connectivity index (χ1) is 12.7. The zero-order valence-corrected chi connectivity index (χ0v) is 16.5. The monoisotopic (exact) mass is 408 g/mol. The Bertz CT molecular complexity index is 938. The van der Waals surface area contributed by atoms with Gasteiger partial charge in [-0.3, -0.25) is 14.4 Å². The molecule has 142 valence electrons. The van der Waals surface area contributed by atoms with Crippen LogP contribution in [0.4, 0.5) is 5.69 Å². The predicted octanol–water partition coefficient (Wildman–Crippen LogP) is 3.47. The Morgan fingerprint density at radius 3 is 2.30 bits per heavy atom. The van der Waals surface area contributed by atoms with Crippen molar-refractivity contribution in [1.82, 2.24) is 4.57 Å². The van der Waals surface area contributed by atoms with Crippen LogP contribution in [0.25, 0.3) is 0 Å². The first-order valence-corrected chi connectivity index (χ1v) is 8.67. The molecule has 0 aliphatic heterocycles. The summed E-state index contributed by atoms with van der Waals surface area (Å²) >= 11 is 11.9. The standard InChI is InChI=1S/C19H18Cl2N2O4/c1-11(25)15(10-24)18(26)17(12-4-6-13(20)7-5-12)23(3)14-8-16(21)19(27)22(2)9-14/h4-10,17,24H,1-3H3. The van der Waals surface area contributed by atoms with Crippen molar-refractivity contribution in [2.24, 2.45) is 7.05 Å². The van der Waals surface area contributed by atoms with Crippen molar-refractivity contribution in [2.75, 3.05) is 11.9 Å². The average Bonchev–Trinajstić information content (AvgIpc) is 2.61. The Labute approximate surface area is 166 Å². The number of aryl methyl sites for hydroxylation is 1. The van der Waals surface area contributed by atoms with Gasteiger partial charge < -0.3 is 14.6 Å². The van der Waals surface area contributed by atoms with Gasteiger partial charge in [0.25, 0.3) is 5.56 Å². The number of ketones is 2. The highest BCUT2D eigenvalue weighted by Crippen LogP contribution is 2.30. The van der Waals surface area contributed by atoms with Crippen LogP contribution in [0.2, 0.25) is 10.0 Å². The Balaban J connectivity index is 2.61. The lowest BCUT2D eigenvalue weighted by Crippen LogP contribution is -2.34. The quantitative estimate of drug-likeness (QED) is 0.342. The van der Waals surface area contributed by atoms with Gasteiger partial charge in [0, 0.05) is 25.3 Å². The van der Waals surface area contributed by atoms with E-state index in [-0.39, 0.29) is 16.2 Å². The van der Waals surface area contributed by atoms with Gasteiger partial charge in [0.2, 0.25) is 0 Å². The number of hydrogen-bond acceptors (Lipinski definition) is 5. The van der Waals surface area contributed by atoms with Gasteiger partial charge in [-0.1, -0.05) is 35.3 Å². The van der Waals surface area contributed by atoms with Gasteiger partial charge in [0.05, 0.1) is 17.5 Å². The Kier molecular flexibility index (Phi) is 6.46. The van der Waals surface area contributed by atoms with E-state index < -0.39 is 17.6 Å². The summed E-state index contributed by atoms with van der Waals surface area (Å²) in [6, 6.07) is 7.04. The maximum atomic E-state index is 13.0. The third kappa shape index (κ3) is 4.40. The van der Waals surface area contributed by atoms with Gasteiger partial charge in [-0.25, -0.2) is 0 Å². The second-order valence-electron chi connectivity index (χ2n) is 5.99. The van der Waals surface area contributed by atoms with Gasteiger partial charge >= 0.3 is 0 Å². The minimum absolute atomic E-state index is 0.00588. The van der Waals surface area contributed by atoms with Crippen molar-refractivity contribution in [3.8, 4) is 0 Å². The van der Waals surface area contributed by atoms with Crippen LogP contribution < -0.4 is 10.5 Å². The minimum atomic E-state index is -0.946. The summed E-state index contributed by atoms with van der Waals surface area (Å²) in [6.07, 6.45) is 2.04. The molecule has 8 heteroatoms. The van der Waals surface area contributed by atoms with E-state index >= 15 is 0 Å². The van der Waals surface area contributed by atoms with E-state index in [4.69, 9.17) is 23.2 Å². The highest BCUT2D eigenvalue weighted by Gasteiger charge is 2.30. The smallest absolute Gasteiger partial charge is 0.269 e. The first kappa shape index (κ1) is 20.7. The van der Waals surface area contributed by atoms with E-state index in [0.29, 0.717) is 22.5 Å². The van der Waals surface area contributed by atoms with Gasteiger partial charge in [-0.05, 0) is 30.7 Å². The molecule has 0 saturated carbocycles. The van der Waals surface area contributed by atoms with Crippen molar-refractivity contribution in [3.63, 3.8) is 0 Å². The lowest BCUT2D eigenvalue weighted by molar-refractivity contribution is -0.121. The van der Waals surface area contributed by atoms with E-state index in [1.165, 1.54) is 23.8 Å². The van der Waals surface area contributed by atoms with Gasteiger partial charge in [0.15, 0.2) is 11.6 Å². The third-order valence-corrected chi connectivity index (χ3v) is 4.65. The van der Waals surface area contributed by atoms with Crippen LogP contribution in [0.1, 0.15) is 18.5 Å². The molecule has 0 spiro atoms. The lowest BCUT2D eigenvalue weighted by atomic mass is 9.94. The van der Waals surface area contributed by atoms with E-state index in [2.05, 4.69) is 0 Å². The second kappa shape index (κ2) is 8.41. The lowest BCUT2D eigenvalue weighted by Gasteiger charge is -2.30. The van der Waals surface area contributed by atoms with Crippen LogP contribution in [0.15, 0.2) is 53.2 Å². The molecule has 0 aliphatic carbocycles. The SMILES string of the molecule is CC(=O)C(=CO)C(=O)C(c1ccc(Cl)cc1)N(C)c1cc(Cl)c(=O)n(C)c1. The number of benzene rings is 1. The Hall–Kier alpha value is -2.57. The second-order valence-corrected chi connectivity index (χ2v) is 6.83. The predicted molar refractivity (Wildman–Crippen MR) is 106 cm³/mol. The molecule has 0 saturated heterocycles. The molecule has 1 aromatic heterocycles. The number of carbonyl (C=O) groups excluding carboxylic acids is 2. The number of aliphatic hydroxyl groups excluding tert-OH is 1. The van der Waals surface area contributed by atoms with E-state index in [1.54, 1.807) is 43.3 Å². The van der Waals surface area contributed by atoms with Crippen LogP contribution in [0.3, 0.4) is 0 Å². The van der Waals surface area contributed by atoms with Gasteiger partial charge in [-0.15, -0.1) is 0 Å². The number of aliphatic hydroxyl groups is 1. The number of rotatable bonds is 6. The number of aromatic nitrogens is 1. The molecule has 27 heavy (non-hydrogen) atoms. The molecule has 0 bridgehead atoms. The maximum absolute atomic E-state index is 13.0. The van der Waals surface area contributed by atoms with E-state index in [1.807, 2.05) is 0 Å². The molecule has 2 rings (SSSR count). The van der Waals surface area contributed by atoms with Crippen LogP contribution in [0, 0.1) is 0 Å². The topological polar surface area (TPSA) is 79.6 Å². The van der Waals surface area contributed by atoms with Crippen molar-refractivity contribution >= 4 is 40.5 Å². The number of Topliss-reactive ketones (excluding diaryl/α,β-unsaturated/α-hetero) is 2. The highest BCUT2D eigenvalue weighted by molar-refractivity contribution is 6.31. The number of nitrogens with zero attached hydrogens (tertiary/aromatic N) is 2. The molecule has 1 aromatic carbocycles. The molecule has 0 aliphatic rings. The van der Waals surface area contributed by atoms with Crippen LogP contribution in [0.5, 0.6) is 0 Å². The van der Waals surface area contributed by atoms with Crippen molar-refractivity contribution in [3.05, 3.63) is 74.3 Å². The van der Waals surface area contributed by atoms with Crippen LogP contribution in [-0.2, 0) is 16.6 Å². The van der Waals surface area contributed by atoms with Crippen molar-refractivity contribution in [2.45, 2.75) is 13.0 Å². The summed E-state index contributed by atoms with van der Waals surface area (Å²) < 4.78 is 1.30. The Morgan fingerprint density at radius 1 is 1.22 bits per heavy atom. The molecule has 2 aromatic rings. The molecule has 1 N–H and O–H groups in total. The summed E-state index contributed by atoms with van der Waals surface area (Å²) in [4.78, 5) is 38.2. The van der Waals surface area contributed by atoms with Gasteiger partial charge in [-0.2, -0.15) is 0 Å². The fourth-order valence-corrected chi connectivity index (χ4v) is 3.04. The summed E-state index contributed by atoms with van der Waals surface area (Å²) in [5.74, 6) is -1.16. The fourth-order valence-electron chi connectivity index (χ4n) is 2.67. The molecule has 1 unspecified atom stereocenters.